The molecule has 0 unspecified atom stereocenters. The molecule has 190 valence electrons. The minimum Gasteiger partial charge on any atom is -0.388 e. The lowest BCUT2D eigenvalue weighted by Gasteiger charge is -2.31. The topological polar surface area (TPSA) is 18.5 Å². The highest BCUT2D eigenvalue weighted by Crippen LogP contribution is 2.15. The second-order valence-electron chi connectivity index (χ2n) is 9.33. The predicted molar refractivity (Wildman–Crippen MR) is 146 cm³/mol. The average Bonchev–Trinajstić information content (AvgIpc) is 2.89. The summed E-state index contributed by atoms with van der Waals surface area (Å²) < 4.78 is 25.9. The summed E-state index contributed by atoms with van der Waals surface area (Å²) in [5, 5.41) is 2.08. The molecule has 0 aliphatic rings. The SMILES string of the molecule is CCCCCCCCCCCCCCCCO[Si](OCCF)(c1ccccc1)c1ccccc1. The van der Waals surface area contributed by atoms with E-state index in [-0.39, 0.29) is 6.61 Å². The molecule has 0 saturated heterocycles. The minimum absolute atomic E-state index is 0.0642. The first-order chi connectivity index (χ1) is 16.8. The van der Waals surface area contributed by atoms with Crippen LogP contribution in [-0.4, -0.2) is 28.4 Å². The summed E-state index contributed by atoms with van der Waals surface area (Å²) in [6, 6.07) is 20.3. The Kier molecular flexibility index (Phi) is 15.9. The summed E-state index contributed by atoms with van der Waals surface area (Å²) in [7, 11) is -2.91. The zero-order valence-electron chi connectivity index (χ0n) is 21.5. The zero-order chi connectivity index (χ0) is 24.2. The van der Waals surface area contributed by atoms with Crippen molar-refractivity contribution in [1.29, 1.82) is 0 Å². The smallest absolute Gasteiger partial charge is 0.388 e. The van der Waals surface area contributed by atoms with Gasteiger partial charge >= 0.3 is 8.56 Å². The molecule has 0 aliphatic carbocycles. The van der Waals surface area contributed by atoms with Crippen LogP contribution in [0.25, 0.3) is 0 Å². The van der Waals surface area contributed by atoms with Gasteiger partial charge in [-0.1, -0.05) is 151 Å². The molecule has 0 aliphatic heterocycles. The molecule has 2 nitrogen and oxygen atoms in total. The fourth-order valence-corrected chi connectivity index (χ4v) is 7.69. The lowest BCUT2D eigenvalue weighted by Crippen LogP contribution is -2.63. The van der Waals surface area contributed by atoms with E-state index in [0.29, 0.717) is 6.61 Å². The molecular weight excluding hydrogens is 439 g/mol. The van der Waals surface area contributed by atoms with E-state index in [2.05, 4.69) is 31.2 Å². The second-order valence-corrected chi connectivity index (χ2v) is 12.3. The number of unbranched alkanes of at least 4 members (excludes halogenated alkanes) is 13. The molecule has 0 radical (unpaired) electrons. The monoisotopic (exact) mass is 486 g/mol. The molecule has 0 saturated carbocycles. The van der Waals surface area contributed by atoms with Crippen LogP contribution in [0.5, 0.6) is 0 Å². The van der Waals surface area contributed by atoms with Gasteiger partial charge in [-0.05, 0) is 16.8 Å². The first-order valence-electron chi connectivity index (χ1n) is 13.8. The Morgan fingerprint density at radius 3 is 1.32 bits per heavy atom. The van der Waals surface area contributed by atoms with Crippen molar-refractivity contribution in [2.24, 2.45) is 0 Å². The summed E-state index contributed by atoms with van der Waals surface area (Å²) >= 11 is 0. The standard InChI is InChI=1S/C30H47FO2Si/c1-2-3-4-5-6-7-8-9-10-11-12-13-14-21-27-32-34(33-28-26-31,29-22-17-15-18-23-29)30-24-19-16-20-25-30/h15-20,22-25H,2-14,21,26-28H2,1H3. The van der Waals surface area contributed by atoms with Crippen LogP contribution in [-0.2, 0) is 8.85 Å². The molecule has 0 amide bonds. The lowest BCUT2D eigenvalue weighted by atomic mass is 10.0. The largest absolute Gasteiger partial charge is 0.407 e. The van der Waals surface area contributed by atoms with Crippen LogP contribution in [0.2, 0.25) is 0 Å². The molecule has 0 N–H and O–H groups in total. The molecule has 0 heterocycles. The van der Waals surface area contributed by atoms with Crippen LogP contribution in [0.4, 0.5) is 4.39 Å². The third-order valence-corrected chi connectivity index (χ3v) is 9.90. The number of hydrogen-bond acceptors (Lipinski definition) is 2. The summed E-state index contributed by atoms with van der Waals surface area (Å²) in [5.74, 6) is 0. The van der Waals surface area contributed by atoms with Gasteiger partial charge in [0.25, 0.3) is 0 Å². The Morgan fingerprint density at radius 2 is 0.912 bits per heavy atom. The first kappa shape index (κ1) is 28.7. The number of rotatable bonds is 21. The van der Waals surface area contributed by atoms with Crippen LogP contribution in [0, 0.1) is 0 Å². The van der Waals surface area contributed by atoms with Gasteiger partial charge in [-0.25, -0.2) is 4.39 Å². The van der Waals surface area contributed by atoms with Crippen molar-refractivity contribution in [2.75, 3.05) is 19.9 Å². The van der Waals surface area contributed by atoms with E-state index >= 15 is 0 Å². The maximum atomic E-state index is 13.1. The molecular formula is C30H47FO2Si. The molecule has 2 rings (SSSR count). The Labute approximate surface area is 209 Å². The molecule has 0 atom stereocenters. The highest BCUT2D eigenvalue weighted by atomic mass is 28.4. The number of alkyl halides is 1. The highest BCUT2D eigenvalue weighted by molar-refractivity contribution is 6.92. The Balaban J connectivity index is 1.69. The van der Waals surface area contributed by atoms with Gasteiger partial charge in [-0.2, -0.15) is 0 Å². The highest BCUT2D eigenvalue weighted by Gasteiger charge is 2.42. The van der Waals surface area contributed by atoms with Crippen molar-refractivity contribution < 1.29 is 13.2 Å². The molecule has 0 bridgehead atoms. The lowest BCUT2D eigenvalue weighted by molar-refractivity contribution is 0.175. The number of halogens is 1. The molecule has 34 heavy (non-hydrogen) atoms. The van der Waals surface area contributed by atoms with E-state index in [1.54, 1.807) is 0 Å². The van der Waals surface area contributed by atoms with Crippen molar-refractivity contribution in [2.45, 2.75) is 96.8 Å². The Morgan fingerprint density at radius 1 is 0.529 bits per heavy atom. The molecule has 2 aromatic rings. The van der Waals surface area contributed by atoms with Gasteiger partial charge in [0.05, 0.1) is 6.61 Å². The molecule has 0 aromatic heterocycles. The van der Waals surface area contributed by atoms with Gasteiger partial charge < -0.3 is 8.85 Å². The van der Waals surface area contributed by atoms with Crippen molar-refractivity contribution in [3.63, 3.8) is 0 Å². The van der Waals surface area contributed by atoms with Crippen LogP contribution < -0.4 is 10.4 Å². The van der Waals surface area contributed by atoms with Crippen molar-refractivity contribution in [1.82, 2.24) is 0 Å². The van der Waals surface area contributed by atoms with E-state index in [1.165, 1.54) is 83.5 Å². The van der Waals surface area contributed by atoms with Gasteiger partial charge in [-0.3, -0.25) is 0 Å². The fraction of sp³-hybridized carbons (Fsp3) is 0.600. The van der Waals surface area contributed by atoms with Crippen LogP contribution >= 0.6 is 0 Å². The minimum atomic E-state index is -2.91. The van der Waals surface area contributed by atoms with E-state index in [1.807, 2.05) is 36.4 Å². The quantitative estimate of drug-likeness (QED) is 0.133. The van der Waals surface area contributed by atoms with Crippen molar-refractivity contribution in [3.8, 4) is 0 Å². The van der Waals surface area contributed by atoms with E-state index in [0.717, 1.165) is 16.8 Å². The molecule has 4 heteroatoms. The zero-order valence-corrected chi connectivity index (χ0v) is 22.5. The van der Waals surface area contributed by atoms with Crippen molar-refractivity contribution in [3.05, 3.63) is 60.7 Å². The Bertz CT molecular complexity index is 671. The third-order valence-electron chi connectivity index (χ3n) is 6.49. The van der Waals surface area contributed by atoms with Crippen molar-refractivity contribution >= 4 is 18.9 Å². The van der Waals surface area contributed by atoms with Gasteiger partial charge in [-0.15, -0.1) is 0 Å². The van der Waals surface area contributed by atoms with E-state index in [4.69, 9.17) is 8.85 Å². The maximum Gasteiger partial charge on any atom is 0.407 e. The van der Waals surface area contributed by atoms with Crippen LogP contribution in [0.3, 0.4) is 0 Å². The van der Waals surface area contributed by atoms with Crippen LogP contribution in [0.15, 0.2) is 60.7 Å². The molecule has 0 fully saturated rings. The molecule has 2 aromatic carbocycles. The second kappa shape index (κ2) is 18.8. The summed E-state index contributed by atoms with van der Waals surface area (Å²) in [5.41, 5.74) is 0. The fourth-order valence-electron chi connectivity index (χ4n) is 4.55. The number of benzene rings is 2. The van der Waals surface area contributed by atoms with E-state index < -0.39 is 15.2 Å². The summed E-state index contributed by atoms with van der Waals surface area (Å²) in [4.78, 5) is 0. The molecule has 0 spiro atoms. The van der Waals surface area contributed by atoms with Gasteiger partial charge in [0.15, 0.2) is 0 Å². The average molecular weight is 487 g/mol. The first-order valence-corrected chi connectivity index (χ1v) is 15.6. The van der Waals surface area contributed by atoms with Gasteiger partial charge in [0.2, 0.25) is 0 Å². The predicted octanol–water partition coefficient (Wildman–Crippen LogP) is 7.73. The Hall–Kier alpha value is -1.49. The van der Waals surface area contributed by atoms with E-state index in [9.17, 15) is 4.39 Å². The maximum absolute atomic E-state index is 13.1. The normalized spacial score (nSPS) is 11.7. The van der Waals surface area contributed by atoms with Gasteiger partial charge in [0.1, 0.15) is 6.67 Å². The summed E-state index contributed by atoms with van der Waals surface area (Å²) in [6.07, 6.45) is 18.7. The number of hydrogen-bond donors (Lipinski definition) is 0. The van der Waals surface area contributed by atoms with Crippen LogP contribution in [0.1, 0.15) is 96.8 Å². The third kappa shape index (κ3) is 10.8. The summed E-state index contributed by atoms with van der Waals surface area (Å²) in [6.45, 7) is 2.49. The van der Waals surface area contributed by atoms with Gasteiger partial charge in [0, 0.05) is 6.61 Å².